The summed E-state index contributed by atoms with van der Waals surface area (Å²) in [6.07, 6.45) is 1.59. The Kier molecular flexibility index (Phi) is 4.88. The minimum atomic E-state index is 0.0608. The second-order valence-electron chi connectivity index (χ2n) is 4.01. The van der Waals surface area contributed by atoms with E-state index in [0.29, 0.717) is 28.1 Å². The van der Waals surface area contributed by atoms with E-state index in [0.717, 1.165) is 5.56 Å². The number of rotatable bonds is 4. The van der Waals surface area contributed by atoms with Crippen LogP contribution in [0.4, 0.5) is 5.69 Å². The normalized spacial score (nSPS) is 10.9. The molecule has 0 saturated carbocycles. The molecule has 5 heteroatoms. The summed E-state index contributed by atoms with van der Waals surface area (Å²) in [6, 6.07) is 9.96. The highest BCUT2D eigenvalue weighted by Gasteiger charge is 2.04. The molecule has 3 nitrogen and oxygen atoms in total. The van der Waals surface area contributed by atoms with Crippen LogP contribution in [0, 0.1) is 0 Å². The van der Waals surface area contributed by atoms with Crippen LogP contribution in [0.1, 0.15) is 12.5 Å². The molecule has 104 valence electrons. The van der Waals surface area contributed by atoms with E-state index in [4.69, 9.17) is 27.9 Å². The Morgan fingerprint density at radius 1 is 1.15 bits per heavy atom. The minimum absolute atomic E-state index is 0.0608. The lowest BCUT2D eigenvalue weighted by molar-refractivity contribution is 0.340. The van der Waals surface area contributed by atoms with Crippen molar-refractivity contribution >= 4 is 35.1 Å². The summed E-state index contributed by atoms with van der Waals surface area (Å²) in [6.45, 7) is 2.45. The lowest BCUT2D eigenvalue weighted by atomic mass is 10.2. The van der Waals surface area contributed by atoms with Crippen molar-refractivity contribution in [2.45, 2.75) is 6.92 Å². The Balaban J connectivity index is 2.35. The molecule has 0 spiro atoms. The molecule has 20 heavy (non-hydrogen) atoms. The van der Waals surface area contributed by atoms with E-state index >= 15 is 0 Å². The van der Waals surface area contributed by atoms with E-state index in [9.17, 15) is 5.11 Å². The summed E-state index contributed by atoms with van der Waals surface area (Å²) in [5.41, 5.74) is 1.12. The number of halogens is 2. The van der Waals surface area contributed by atoms with Crippen molar-refractivity contribution in [2.75, 3.05) is 6.61 Å². The number of nitrogens with zero attached hydrogens (tertiary/aromatic N) is 1. The summed E-state index contributed by atoms with van der Waals surface area (Å²) in [7, 11) is 0. The van der Waals surface area contributed by atoms with Crippen molar-refractivity contribution in [2.24, 2.45) is 4.99 Å². The molecular formula is C15H13Cl2NO2. The van der Waals surface area contributed by atoms with Gasteiger partial charge in [-0.3, -0.25) is 4.99 Å². The fraction of sp³-hybridized carbons (Fsp3) is 0.133. The van der Waals surface area contributed by atoms with E-state index in [2.05, 4.69) is 4.99 Å². The van der Waals surface area contributed by atoms with Gasteiger partial charge in [-0.25, -0.2) is 0 Å². The molecular weight excluding hydrogens is 297 g/mol. The van der Waals surface area contributed by atoms with Gasteiger partial charge in [0.2, 0.25) is 0 Å². The van der Waals surface area contributed by atoms with Crippen molar-refractivity contribution in [3.63, 3.8) is 0 Å². The van der Waals surface area contributed by atoms with Crippen LogP contribution in [-0.4, -0.2) is 17.9 Å². The van der Waals surface area contributed by atoms with Gasteiger partial charge in [0.25, 0.3) is 0 Å². The van der Waals surface area contributed by atoms with Crippen LogP contribution < -0.4 is 4.74 Å². The standard InChI is InChI=1S/C15H13Cl2NO2/c1-2-20-15-6-4-11(16)7-10(15)9-18-13-8-12(17)3-5-14(13)19/h3-9,19H,2H2,1H3. The first-order chi connectivity index (χ1) is 9.60. The summed E-state index contributed by atoms with van der Waals surface area (Å²) < 4.78 is 5.50. The van der Waals surface area contributed by atoms with E-state index in [1.165, 1.54) is 6.07 Å². The summed E-state index contributed by atoms with van der Waals surface area (Å²) in [5.74, 6) is 0.743. The largest absolute Gasteiger partial charge is 0.506 e. The molecule has 0 bridgehead atoms. The van der Waals surface area contributed by atoms with Crippen LogP contribution >= 0.6 is 23.2 Å². The number of hydrogen-bond acceptors (Lipinski definition) is 3. The van der Waals surface area contributed by atoms with Gasteiger partial charge in [0.05, 0.1) is 6.61 Å². The SMILES string of the molecule is CCOc1ccc(Cl)cc1C=Nc1cc(Cl)ccc1O. The van der Waals surface area contributed by atoms with Crippen molar-refractivity contribution < 1.29 is 9.84 Å². The van der Waals surface area contributed by atoms with Crippen LogP contribution in [-0.2, 0) is 0 Å². The van der Waals surface area contributed by atoms with Gasteiger partial charge in [0.1, 0.15) is 17.2 Å². The van der Waals surface area contributed by atoms with Crippen molar-refractivity contribution in [3.05, 3.63) is 52.0 Å². The molecule has 0 fully saturated rings. The first-order valence-corrected chi connectivity index (χ1v) is 6.80. The molecule has 0 aliphatic heterocycles. The van der Waals surface area contributed by atoms with Gasteiger partial charge < -0.3 is 9.84 Å². The molecule has 2 aromatic carbocycles. The molecule has 0 amide bonds. The molecule has 0 aliphatic carbocycles. The third kappa shape index (κ3) is 3.65. The zero-order valence-corrected chi connectivity index (χ0v) is 12.3. The highest BCUT2D eigenvalue weighted by molar-refractivity contribution is 6.31. The summed E-state index contributed by atoms with van der Waals surface area (Å²) in [4.78, 5) is 4.22. The number of aliphatic imine (C=N–C) groups is 1. The van der Waals surface area contributed by atoms with Crippen LogP contribution in [0.2, 0.25) is 10.0 Å². The number of aromatic hydroxyl groups is 1. The van der Waals surface area contributed by atoms with Crippen molar-refractivity contribution in [3.8, 4) is 11.5 Å². The third-order valence-corrected chi connectivity index (χ3v) is 3.02. The maximum atomic E-state index is 9.71. The average Bonchev–Trinajstić information content (AvgIpc) is 2.42. The fourth-order valence-corrected chi connectivity index (χ4v) is 1.99. The van der Waals surface area contributed by atoms with Crippen LogP contribution in [0.3, 0.4) is 0 Å². The zero-order valence-electron chi connectivity index (χ0n) is 10.8. The van der Waals surface area contributed by atoms with Crippen molar-refractivity contribution in [1.29, 1.82) is 0 Å². The molecule has 2 rings (SSSR count). The molecule has 0 saturated heterocycles. The van der Waals surface area contributed by atoms with Gasteiger partial charge >= 0.3 is 0 Å². The van der Waals surface area contributed by atoms with Gasteiger partial charge in [-0.15, -0.1) is 0 Å². The number of phenolic OH excluding ortho intramolecular Hbond substituents is 1. The first-order valence-electron chi connectivity index (χ1n) is 6.05. The maximum Gasteiger partial charge on any atom is 0.141 e. The van der Waals surface area contributed by atoms with E-state index in [1.54, 1.807) is 36.5 Å². The summed E-state index contributed by atoms with van der Waals surface area (Å²) >= 11 is 11.8. The minimum Gasteiger partial charge on any atom is -0.506 e. The van der Waals surface area contributed by atoms with E-state index in [1.807, 2.05) is 6.92 Å². The predicted octanol–water partition coefficient (Wildman–Crippen LogP) is 4.85. The van der Waals surface area contributed by atoms with Crippen LogP contribution in [0.5, 0.6) is 11.5 Å². The quantitative estimate of drug-likeness (QED) is 0.820. The van der Waals surface area contributed by atoms with E-state index in [-0.39, 0.29) is 5.75 Å². The number of benzene rings is 2. The average molecular weight is 310 g/mol. The van der Waals surface area contributed by atoms with Gasteiger partial charge in [-0.2, -0.15) is 0 Å². The number of ether oxygens (including phenoxy) is 1. The number of phenols is 1. The third-order valence-electron chi connectivity index (χ3n) is 2.55. The lowest BCUT2D eigenvalue weighted by Crippen LogP contribution is -1.95. The monoisotopic (exact) mass is 309 g/mol. The molecule has 0 atom stereocenters. The molecule has 0 radical (unpaired) electrons. The lowest BCUT2D eigenvalue weighted by Gasteiger charge is -2.07. The Morgan fingerprint density at radius 3 is 2.60 bits per heavy atom. The smallest absolute Gasteiger partial charge is 0.141 e. The second kappa shape index (κ2) is 6.64. The topological polar surface area (TPSA) is 41.8 Å². The van der Waals surface area contributed by atoms with Gasteiger partial charge in [-0.1, -0.05) is 23.2 Å². The Bertz CT molecular complexity index is 642. The van der Waals surface area contributed by atoms with E-state index < -0.39 is 0 Å². The Labute approximate surface area is 127 Å². The molecule has 0 aromatic heterocycles. The van der Waals surface area contributed by atoms with Crippen LogP contribution in [0.15, 0.2) is 41.4 Å². The summed E-state index contributed by atoms with van der Waals surface area (Å²) in [5, 5.41) is 10.8. The predicted molar refractivity (Wildman–Crippen MR) is 83.0 cm³/mol. The second-order valence-corrected chi connectivity index (χ2v) is 4.88. The molecule has 0 heterocycles. The maximum absolute atomic E-state index is 9.71. The van der Waals surface area contributed by atoms with Crippen molar-refractivity contribution in [1.82, 2.24) is 0 Å². The number of hydrogen-bond donors (Lipinski definition) is 1. The molecule has 0 unspecified atom stereocenters. The van der Waals surface area contributed by atoms with Gasteiger partial charge in [-0.05, 0) is 43.3 Å². The molecule has 0 aliphatic rings. The van der Waals surface area contributed by atoms with Crippen LogP contribution in [0.25, 0.3) is 0 Å². The Morgan fingerprint density at radius 2 is 1.85 bits per heavy atom. The highest BCUT2D eigenvalue weighted by Crippen LogP contribution is 2.30. The van der Waals surface area contributed by atoms with Gasteiger partial charge in [0.15, 0.2) is 0 Å². The highest BCUT2D eigenvalue weighted by atomic mass is 35.5. The molecule has 2 aromatic rings. The Hall–Kier alpha value is -1.71. The van der Waals surface area contributed by atoms with Gasteiger partial charge in [0, 0.05) is 21.8 Å². The molecule has 1 N–H and O–H groups in total. The zero-order chi connectivity index (χ0) is 14.5. The fourth-order valence-electron chi connectivity index (χ4n) is 1.65. The first kappa shape index (κ1) is 14.7.